The fourth-order valence-corrected chi connectivity index (χ4v) is 8.21. The summed E-state index contributed by atoms with van der Waals surface area (Å²) in [5.74, 6) is -5.45. The highest BCUT2D eigenvalue weighted by molar-refractivity contribution is 7.99. The molecule has 3 aromatic rings. The first kappa shape index (κ1) is 52.5. The van der Waals surface area contributed by atoms with E-state index in [1.54, 1.807) is 13.8 Å². The van der Waals surface area contributed by atoms with Crippen LogP contribution in [0, 0.1) is 16.0 Å². The van der Waals surface area contributed by atoms with E-state index in [4.69, 9.17) is 5.73 Å². The highest BCUT2D eigenvalue weighted by Gasteiger charge is 2.37. The molecule has 0 aliphatic carbocycles. The number of non-ortho nitro benzene ring substituents is 1. The molecule has 0 spiro atoms. The van der Waals surface area contributed by atoms with Crippen molar-refractivity contribution >= 4 is 75.3 Å². The Kier molecular flexibility index (Phi) is 20.3. The summed E-state index contributed by atoms with van der Waals surface area (Å²) in [6, 6.07) is 10.9. The number of nitrogens with one attached hydrogen (secondary N) is 6. The summed E-state index contributed by atoms with van der Waals surface area (Å²) in [6.45, 7) is 6.06. The zero-order valence-electron chi connectivity index (χ0n) is 37.5. The number of amides is 7. The maximum Gasteiger partial charge on any atom is 0.269 e. The van der Waals surface area contributed by atoms with E-state index in [2.05, 4.69) is 31.9 Å². The number of rotatable bonds is 19. The number of hydrogen-bond donors (Lipinski definition) is 10. The number of thioether (sulfide) groups is 1. The van der Waals surface area contributed by atoms with Crippen molar-refractivity contribution in [2.45, 2.75) is 115 Å². The maximum absolute atomic E-state index is 13.9. The monoisotopic (exact) mass is 936 g/mol. The van der Waals surface area contributed by atoms with Crippen molar-refractivity contribution in [1.82, 2.24) is 31.9 Å². The number of nitro groups is 1. The van der Waals surface area contributed by atoms with Crippen LogP contribution in [-0.2, 0) is 40.0 Å². The third kappa shape index (κ3) is 16.1. The summed E-state index contributed by atoms with van der Waals surface area (Å²) >= 11 is 1.41. The Balaban J connectivity index is 1.43. The highest BCUT2D eigenvalue weighted by atomic mass is 32.2. The molecule has 1 aliphatic heterocycles. The second-order valence-electron chi connectivity index (χ2n) is 16.7. The van der Waals surface area contributed by atoms with Crippen LogP contribution < -0.4 is 43.0 Å². The predicted octanol–water partition coefficient (Wildman–Crippen LogP) is -0.305. The lowest BCUT2D eigenvalue weighted by Gasteiger charge is -2.30. The number of nitrogens with two attached hydrogens (primary N) is 2. The van der Waals surface area contributed by atoms with Crippen molar-refractivity contribution < 1.29 is 54.0 Å². The minimum absolute atomic E-state index is 0.111. The quantitative estimate of drug-likeness (QED) is 0.0421. The Hall–Kier alpha value is -6.16. The average molecular weight is 937 g/mol. The molecule has 0 unspecified atom stereocenters. The van der Waals surface area contributed by atoms with Gasteiger partial charge in [-0.25, -0.2) is 0 Å². The lowest BCUT2D eigenvalue weighted by atomic mass is 10.0. The van der Waals surface area contributed by atoms with Crippen LogP contribution in [-0.4, -0.2) is 123 Å². The van der Waals surface area contributed by atoms with E-state index >= 15 is 0 Å². The maximum atomic E-state index is 13.9. The lowest BCUT2D eigenvalue weighted by Crippen LogP contribution is -2.78. The number of carbonyl (C=O) groups excluding carboxylic acids is 7. The van der Waals surface area contributed by atoms with Crippen molar-refractivity contribution in [2.24, 2.45) is 11.7 Å². The van der Waals surface area contributed by atoms with E-state index in [9.17, 15) is 53.9 Å². The van der Waals surface area contributed by atoms with Crippen LogP contribution in [0.25, 0.3) is 10.8 Å². The molecule has 0 saturated carbocycles. The molecule has 0 aromatic heterocycles. The van der Waals surface area contributed by atoms with Gasteiger partial charge < -0.3 is 53.2 Å². The molecule has 358 valence electrons. The van der Waals surface area contributed by atoms with Gasteiger partial charge in [-0.1, -0.05) is 56.7 Å². The zero-order valence-corrected chi connectivity index (χ0v) is 38.3. The van der Waals surface area contributed by atoms with E-state index < -0.39 is 94.7 Å². The van der Waals surface area contributed by atoms with Gasteiger partial charge in [-0.3, -0.25) is 43.7 Å². The van der Waals surface area contributed by atoms with Crippen LogP contribution in [0.15, 0.2) is 66.7 Å². The van der Waals surface area contributed by atoms with Crippen LogP contribution >= 0.6 is 11.8 Å². The molecule has 7 amide bonds. The van der Waals surface area contributed by atoms with E-state index in [0.29, 0.717) is 24.3 Å². The van der Waals surface area contributed by atoms with Gasteiger partial charge in [-0.2, -0.15) is 11.8 Å². The molecule has 1 saturated heterocycles. The smallest absolute Gasteiger partial charge is 0.269 e. The minimum atomic E-state index is -1.65. The summed E-state index contributed by atoms with van der Waals surface area (Å²) in [7, 11) is 0. The van der Waals surface area contributed by atoms with Crippen LogP contribution in [0.2, 0.25) is 0 Å². The standard InChI is InChI=1S/C45H61N9O11S/c1-25(2)37(43(61)53-38(26(3)55)44(62)49-34(40(46)58)22-28-13-17-32(18-14-28)54(64)65)51-45(63)39(27(4)56)52-42(60)35-24-66-21-9-5-6-12-36(57)48-33(41(59)50-35)19-20-47-31-16-15-29-10-7-8-11-30(29)23-31/h7-8,10-11,13-18,23,25-27,33-35,37-39,47,55-56H,5-6,9,12,19-22,24H2,1-4H3,(H2,46,58)(H,48,57)(H,49,62)(H,50,59)(H,51,63)(H,52,60)(H,53,61)/p+1/t26-,27-,33+,34+,35+,37+,38+,39+/m1/s1. The summed E-state index contributed by atoms with van der Waals surface area (Å²) in [4.78, 5) is 104. The molecule has 66 heavy (non-hydrogen) atoms. The van der Waals surface area contributed by atoms with Crippen molar-refractivity contribution in [2.75, 3.05) is 18.1 Å². The van der Waals surface area contributed by atoms with Gasteiger partial charge in [0, 0.05) is 43.2 Å². The molecule has 4 rings (SSSR count). The molecule has 0 radical (unpaired) electrons. The summed E-state index contributed by atoms with van der Waals surface area (Å²) in [5, 5.41) is 51.9. The van der Waals surface area contributed by atoms with E-state index in [-0.39, 0.29) is 36.6 Å². The number of quaternary nitrogens is 1. The predicted molar refractivity (Wildman–Crippen MR) is 247 cm³/mol. The molecule has 8 atom stereocenters. The molecule has 1 aliphatic rings. The Morgan fingerprint density at radius 3 is 2.08 bits per heavy atom. The number of nitro benzene ring substituents is 1. The number of benzene rings is 3. The van der Waals surface area contributed by atoms with Crippen molar-refractivity contribution in [3.8, 4) is 0 Å². The van der Waals surface area contributed by atoms with Crippen molar-refractivity contribution in [1.29, 1.82) is 0 Å². The number of fused-ring (bicyclic) bond motifs is 1. The second kappa shape index (κ2) is 25.5. The van der Waals surface area contributed by atoms with Gasteiger partial charge in [0.1, 0.15) is 41.9 Å². The number of primary amides is 1. The normalized spacial score (nSPS) is 18.8. The topological polar surface area (TPSA) is 318 Å². The molecule has 1 fully saturated rings. The number of nitrogens with zero attached hydrogens (tertiary/aromatic N) is 1. The molecule has 20 nitrogen and oxygen atoms in total. The third-order valence-corrected chi connectivity index (χ3v) is 12.1. The van der Waals surface area contributed by atoms with Gasteiger partial charge >= 0.3 is 0 Å². The van der Waals surface area contributed by atoms with Crippen LogP contribution in [0.5, 0.6) is 0 Å². The van der Waals surface area contributed by atoms with Gasteiger partial charge in [0.2, 0.25) is 41.4 Å². The first-order chi connectivity index (χ1) is 31.3. The highest BCUT2D eigenvalue weighted by Crippen LogP contribution is 2.17. The second-order valence-corrected chi connectivity index (χ2v) is 17.9. The van der Waals surface area contributed by atoms with Gasteiger partial charge in [0.25, 0.3) is 5.69 Å². The Morgan fingerprint density at radius 2 is 1.44 bits per heavy atom. The third-order valence-electron chi connectivity index (χ3n) is 11.0. The number of aliphatic hydroxyl groups excluding tert-OH is 2. The molecule has 21 heteroatoms. The fourth-order valence-electron chi connectivity index (χ4n) is 7.17. The molecular weight excluding hydrogens is 875 g/mol. The molecule has 12 N–H and O–H groups in total. The zero-order chi connectivity index (χ0) is 48.5. The molecule has 1 heterocycles. The summed E-state index contributed by atoms with van der Waals surface area (Å²) in [6.07, 6.45) is -0.572. The van der Waals surface area contributed by atoms with Gasteiger partial charge in [0.15, 0.2) is 0 Å². The minimum Gasteiger partial charge on any atom is -0.391 e. The van der Waals surface area contributed by atoms with Gasteiger partial charge in [0.05, 0.1) is 23.7 Å². The number of hydrogen-bond acceptors (Lipinski definition) is 12. The van der Waals surface area contributed by atoms with E-state index in [0.717, 1.165) is 29.3 Å². The fraction of sp³-hybridized carbons (Fsp3) is 0.489. The molecule has 0 bridgehead atoms. The Bertz CT molecular complexity index is 2190. The number of aliphatic hydroxyl groups is 2. The SMILES string of the molecule is CC(C)[C@H](NC(=O)[C@@H](NC(=O)[C@@H]1CSCCCCCC(=O)N[C@@H](CC[NH2+]c2ccc3ccccc3c2)C(=O)N1)[C@@H](C)O)C(=O)N[C@H](C(=O)N[C@@H](Cc1ccc([N+](=O)[O-])cc1)C(N)=O)[C@@H](C)O. The van der Waals surface area contributed by atoms with Crippen LogP contribution in [0.4, 0.5) is 11.4 Å². The number of carbonyl (C=O) groups is 7. The molecular formula is C45H62N9O11S+. The van der Waals surface area contributed by atoms with E-state index in [1.165, 1.54) is 49.9 Å². The molecule has 3 aromatic carbocycles. The largest absolute Gasteiger partial charge is 0.391 e. The summed E-state index contributed by atoms with van der Waals surface area (Å²) in [5.41, 5.74) is 6.71. The van der Waals surface area contributed by atoms with Crippen molar-refractivity contribution in [3.05, 3.63) is 82.4 Å². The van der Waals surface area contributed by atoms with Crippen LogP contribution in [0.1, 0.15) is 65.4 Å². The lowest BCUT2D eigenvalue weighted by molar-refractivity contribution is -0.572. The van der Waals surface area contributed by atoms with E-state index in [1.807, 2.05) is 47.8 Å². The first-order valence-electron chi connectivity index (χ1n) is 21.9. The van der Waals surface area contributed by atoms with Crippen molar-refractivity contribution in [3.63, 3.8) is 0 Å². The van der Waals surface area contributed by atoms with Gasteiger partial charge in [-0.05, 0) is 66.8 Å². The van der Waals surface area contributed by atoms with Crippen LogP contribution in [0.3, 0.4) is 0 Å². The van der Waals surface area contributed by atoms with Gasteiger partial charge in [-0.15, -0.1) is 0 Å². The first-order valence-corrected chi connectivity index (χ1v) is 23.1. The Labute approximate surface area is 386 Å². The summed E-state index contributed by atoms with van der Waals surface area (Å²) < 4.78 is 0. The average Bonchev–Trinajstić information content (AvgIpc) is 3.28. The Morgan fingerprint density at radius 1 is 0.818 bits per heavy atom.